The Labute approximate surface area is 219 Å². The maximum atomic E-state index is 11.7. The Balaban J connectivity index is 4.58. The fraction of sp³-hybridized carbons (Fsp3) is 0.680. The zero-order chi connectivity index (χ0) is 27.9. The number of unbranched alkanes of at least 4 members (excludes halogenated alkanes) is 2. The van der Waals surface area contributed by atoms with Crippen molar-refractivity contribution in [2.45, 2.75) is 64.8 Å². The zero-order valence-corrected chi connectivity index (χ0v) is 22.2. The van der Waals surface area contributed by atoms with Crippen LogP contribution in [0.4, 0.5) is 9.59 Å². The van der Waals surface area contributed by atoms with Gasteiger partial charge in [-0.25, -0.2) is 19.2 Å². The van der Waals surface area contributed by atoms with E-state index >= 15 is 0 Å². The largest absolute Gasteiger partial charge is 0.453 e. The molecule has 0 rings (SSSR count). The normalized spacial score (nSPS) is 12.8. The number of rotatable bonds is 21. The van der Waals surface area contributed by atoms with Gasteiger partial charge in [-0.2, -0.15) is 0 Å². The lowest BCUT2D eigenvalue weighted by Crippen LogP contribution is -2.35. The molecule has 2 N–H and O–H groups in total. The van der Waals surface area contributed by atoms with Crippen LogP contribution in [-0.2, 0) is 38.0 Å². The average Bonchev–Trinajstić information content (AvgIpc) is 2.88. The van der Waals surface area contributed by atoms with Gasteiger partial charge in [-0.1, -0.05) is 39.8 Å². The molecule has 0 fully saturated rings. The summed E-state index contributed by atoms with van der Waals surface area (Å²) in [6.07, 6.45) is 2.07. The van der Waals surface area contributed by atoms with Crippen molar-refractivity contribution in [2.75, 3.05) is 46.1 Å². The first kappa shape index (κ1) is 33.9. The van der Waals surface area contributed by atoms with Crippen LogP contribution in [0.15, 0.2) is 25.3 Å². The van der Waals surface area contributed by atoms with E-state index in [0.717, 1.165) is 37.8 Å². The van der Waals surface area contributed by atoms with Gasteiger partial charge in [0.25, 0.3) is 0 Å². The van der Waals surface area contributed by atoms with Gasteiger partial charge >= 0.3 is 24.1 Å². The number of carbonyl (C=O) groups excluding carboxylic acids is 4. The van der Waals surface area contributed by atoms with Crippen molar-refractivity contribution < 1.29 is 47.6 Å². The van der Waals surface area contributed by atoms with E-state index in [1.165, 1.54) is 0 Å². The van der Waals surface area contributed by atoms with E-state index in [4.69, 9.17) is 28.4 Å². The summed E-state index contributed by atoms with van der Waals surface area (Å²) in [5.74, 6) is -1.36. The highest BCUT2D eigenvalue weighted by Gasteiger charge is 2.19. The summed E-state index contributed by atoms with van der Waals surface area (Å²) in [7, 11) is 0. The highest BCUT2D eigenvalue weighted by molar-refractivity contribution is 5.81. The fourth-order valence-electron chi connectivity index (χ4n) is 2.52. The molecular formula is C25H42N2O10. The van der Waals surface area contributed by atoms with Crippen LogP contribution in [0, 0.1) is 0 Å². The molecule has 0 saturated carbocycles. The van der Waals surface area contributed by atoms with Crippen LogP contribution in [0.1, 0.15) is 46.5 Å². The molecule has 0 aliphatic rings. The van der Waals surface area contributed by atoms with Gasteiger partial charge in [-0.15, -0.1) is 0 Å². The summed E-state index contributed by atoms with van der Waals surface area (Å²) in [6.45, 7) is 12.9. The van der Waals surface area contributed by atoms with Crippen molar-refractivity contribution in [1.82, 2.24) is 10.6 Å². The highest BCUT2D eigenvalue weighted by Crippen LogP contribution is 2.03. The van der Waals surface area contributed by atoms with Gasteiger partial charge in [-0.3, -0.25) is 0 Å². The molecule has 0 heterocycles. The van der Waals surface area contributed by atoms with Crippen LogP contribution < -0.4 is 10.6 Å². The molecule has 0 spiro atoms. The van der Waals surface area contributed by atoms with Gasteiger partial charge in [0.1, 0.15) is 13.2 Å². The zero-order valence-electron chi connectivity index (χ0n) is 22.2. The lowest BCUT2D eigenvalue weighted by Gasteiger charge is -2.21. The van der Waals surface area contributed by atoms with Gasteiger partial charge in [0.05, 0.1) is 25.9 Å². The lowest BCUT2D eigenvalue weighted by molar-refractivity contribution is -0.154. The molecule has 0 saturated heterocycles. The molecule has 212 valence electrons. The Kier molecular flexibility index (Phi) is 20.2. The Morgan fingerprint density at radius 2 is 1.19 bits per heavy atom. The number of hydrogen-bond donors (Lipinski definition) is 2. The summed E-state index contributed by atoms with van der Waals surface area (Å²) in [6, 6.07) is 0. The molecule has 12 heteroatoms. The van der Waals surface area contributed by atoms with Crippen LogP contribution in [-0.4, -0.2) is 88.6 Å². The number of ether oxygens (including phenoxy) is 6. The first-order chi connectivity index (χ1) is 17.7. The maximum absolute atomic E-state index is 11.7. The first-order valence-corrected chi connectivity index (χ1v) is 12.4. The third-order valence-corrected chi connectivity index (χ3v) is 4.52. The number of amides is 2. The number of carbonyl (C=O) groups is 4. The third-order valence-electron chi connectivity index (χ3n) is 4.52. The van der Waals surface area contributed by atoms with Crippen molar-refractivity contribution in [2.24, 2.45) is 0 Å². The van der Waals surface area contributed by atoms with Crippen LogP contribution in [0.2, 0.25) is 0 Å². The number of alkyl carbamates (subject to hydrolysis) is 2. The smallest absolute Gasteiger partial charge is 0.407 e. The van der Waals surface area contributed by atoms with Gasteiger partial charge in [0, 0.05) is 25.2 Å². The van der Waals surface area contributed by atoms with Crippen LogP contribution in [0.25, 0.3) is 0 Å². The number of nitrogens with one attached hydrogen (secondary N) is 2. The molecule has 3 unspecified atom stereocenters. The van der Waals surface area contributed by atoms with Crippen molar-refractivity contribution in [3.8, 4) is 0 Å². The van der Waals surface area contributed by atoms with Crippen molar-refractivity contribution in [1.29, 1.82) is 0 Å². The molecule has 3 atom stereocenters. The molecule has 0 aliphatic heterocycles. The minimum absolute atomic E-state index is 0.0640. The summed E-state index contributed by atoms with van der Waals surface area (Å²) >= 11 is 0. The molecule has 0 aromatic carbocycles. The molecule has 12 nitrogen and oxygen atoms in total. The van der Waals surface area contributed by atoms with Gasteiger partial charge in [0.2, 0.25) is 0 Å². The molecule has 0 aromatic heterocycles. The minimum Gasteiger partial charge on any atom is -0.453 e. The van der Waals surface area contributed by atoms with Crippen molar-refractivity contribution in [3.05, 3.63) is 25.3 Å². The SMILES string of the molecule is C=CC(=O)OC(COCC(C)OCC(COC(=O)NCCCC)OC(=O)C=C)COC(=O)NCCCC. The van der Waals surface area contributed by atoms with E-state index < -0.39 is 42.4 Å². The highest BCUT2D eigenvalue weighted by atomic mass is 16.6. The number of hydrogen-bond acceptors (Lipinski definition) is 10. The standard InChI is InChI=1S/C25H42N2O10/c1-6-10-12-26-24(30)34-17-20(36-22(28)8-3)15-32-14-19(5)33-16-21(37-23(29)9-4)18-35-25(31)27-13-11-7-2/h8-9,19-21H,3-4,6-7,10-18H2,1-2,5H3,(H,26,30)(H,27,31). The summed E-state index contributed by atoms with van der Waals surface area (Å²) in [4.78, 5) is 46.7. The topological polar surface area (TPSA) is 148 Å². The second-order valence-electron chi connectivity index (χ2n) is 7.97. The first-order valence-electron chi connectivity index (χ1n) is 12.4. The average molecular weight is 531 g/mol. The molecule has 0 radical (unpaired) electrons. The van der Waals surface area contributed by atoms with Gasteiger partial charge in [0.15, 0.2) is 12.2 Å². The quantitative estimate of drug-likeness (QED) is 0.0982. The Hall–Kier alpha value is -3.12. The van der Waals surface area contributed by atoms with E-state index in [9.17, 15) is 19.2 Å². The van der Waals surface area contributed by atoms with Crippen LogP contribution >= 0.6 is 0 Å². The summed E-state index contributed by atoms with van der Waals surface area (Å²) < 4.78 is 31.7. The summed E-state index contributed by atoms with van der Waals surface area (Å²) in [5.41, 5.74) is 0. The number of esters is 2. The molecule has 0 aliphatic carbocycles. The maximum Gasteiger partial charge on any atom is 0.407 e. The van der Waals surface area contributed by atoms with E-state index in [2.05, 4.69) is 23.8 Å². The van der Waals surface area contributed by atoms with Gasteiger partial charge in [-0.05, 0) is 19.8 Å². The predicted octanol–water partition coefficient (Wildman–Crippen LogP) is 2.66. The Morgan fingerprint density at radius 3 is 1.62 bits per heavy atom. The van der Waals surface area contributed by atoms with E-state index in [1.54, 1.807) is 6.92 Å². The van der Waals surface area contributed by atoms with Crippen molar-refractivity contribution in [3.63, 3.8) is 0 Å². The minimum atomic E-state index is -0.856. The molecule has 0 aromatic rings. The second-order valence-corrected chi connectivity index (χ2v) is 7.97. The van der Waals surface area contributed by atoms with Crippen molar-refractivity contribution >= 4 is 24.1 Å². The van der Waals surface area contributed by atoms with E-state index in [-0.39, 0.29) is 33.0 Å². The van der Waals surface area contributed by atoms with Crippen LogP contribution in [0.5, 0.6) is 0 Å². The van der Waals surface area contributed by atoms with E-state index in [1.807, 2.05) is 13.8 Å². The monoisotopic (exact) mass is 530 g/mol. The Morgan fingerprint density at radius 1 is 0.730 bits per heavy atom. The predicted molar refractivity (Wildman–Crippen MR) is 135 cm³/mol. The van der Waals surface area contributed by atoms with Gasteiger partial charge < -0.3 is 39.1 Å². The molecule has 2 amide bonds. The Bertz CT molecular complexity index is 701. The second kappa shape index (κ2) is 22.1. The molecular weight excluding hydrogens is 488 g/mol. The fourth-order valence-corrected chi connectivity index (χ4v) is 2.52. The third kappa shape index (κ3) is 19.7. The molecule has 0 bridgehead atoms. The van der Waals surface area contributed by atoms with Crippen LogP contribution in [0.3, 0.4) is 0 Å². The molecule has 37 heavy (non-hydrogen) atoms. The van der Waals surface area contributed by atoms with E-state index in [0.29, 0.717) is 13.1 Å². The lowest BCUT2D eigenvalue weighted by atomic mass is 10.3. The summed E-state index contributed by atoms with van der Waals surface area (Å²) in [5, 5.41) is 5.19.